The maximum Gasteiger partial charge on any atom is 0.410 e. The van der Waals surface area contributed by atoms with Crippen molar-refractivity contribution in [1.29, 1.82) is 0 Å². The van der Waals surface area contributed by atoms with Gasteiger partial charge in [-0.2, -0.15) is 0 Å². The molecule has 11 nitrogen and oxygen atoms in total. The molecule has 0 saturated carbocycles. The highest BCUT2D eigenvalue weighted by molar-refractivity contribution is 5.70. The molecule has 3 heterocycles. The quantitative estimate of drug-likeness (QED) is 0.128. The summed E-state index contributed by atoms with van der Waals surface area (Å²) in [5.74, 6) is -0.830. The lowest BCUT2D eigenvalue weighted by molar-refractivity contribution is -0.152. The third-order valence-electron chi connectivity index (χ3n) is 9.81. The molecule has 0 aromatic carbocycles. The average molecular weight is 665 g/mol. The van der Waals surface area contributed by atoms with Crippen LogP contribution in [0.15, 0.2) is 36.0 Å². The highest BCUT2D eigenvalue weighted by Crippen LogP contribution is 2.37. The van der Waals surface area contributed by atoms with Crippen molar-refractivity contribution in [3.8, 4) is 0 Å². The lowest BCUT2D eigenvalue weighted by Crippen LogP contribution is -2.51. The number of carbonyl (C=O) groups is 2. The third kappa shape index (κ3) is 11.7. The highest BCUT2D eigenvalue weighted by atomic mass is 16.6. The van der Waals surface area contributed by atoms with E-state index < -0.39 is 47.7 Å². The first-order chi connectivity index (χ1) is 22.1. The molecule has 3 aliphatic rings. The number of cyclic esters (lactones) is 1. The number of ether oxygens (including phenoxy) is 4. The molecule has 0 bridgehead atoms. The molecule has 3 aliphatic heterocycles. The lowest BCUT2D eigenvalue weighted by Gasteiger charge is -2.38. The molecular weight excluding hydrogens is 604 g/mol. The molecule has 0 aromatic rings. The first-order valence-electron chi connectivity index (χ1n) is 17.3. The van der Waals surface area contributed by atoms with Crippen LogP contribution in [0, 0.1) is 11.8 Å². The van der Waals surface area contributed by atoms with Crippen LogP contribution in [-0.2, 0) is 23.7 Å². The van der Waals surface area contributed by atoms with E-state index >= 15 is 0 Å². The molecule has 2 fully saturated rings. The summed E-state index contributed by atoms with van der Waals surface area (Å²) in [5, 5.41) is 32.0. The number of esters is 1. The maximum absolute atomic E-state index is 13.3. The standard InChI is InChI=1S/C36H60N2O9/c1-9-28(40)26(5)33-29(45-33)23-35(6,43)16-11-12-24(3)32-25(4)13-14-30(46-34(42)38-20-18-37(8)19-21-38)36(7,44-10-2)17-15-27(39)22-31(41)47-32/h11-14,16,25-30,32-33,39-40,43H,9-10,15,17-23H2,1-8H3/b14-13+,16-11+,24-12+. The molecule has 10 unspecified atom stereocenters. The number of rotatable bonds is 11. The zero-order valence-electron chi connectivity index (χ0n) is 29.8. The molecular formula is C36H60N2O9. The number of allylic oxidation sites excluding steroid dienone is 2. The molecule has 2 saturated heterocycles. The van der Waals surface area contributed by atoms with Crippen molar-refractivity contribution in [2.75, 3.05) is 39.8 Å². The Balaban J connectivity index is 1.79. The summed E-state index contributed by atoms with van der Waals surface area (Å²) in [7, 11) is 2.02. The van der Waals surface area contributed by atoms with Gasteiger partial charge in [0, 0.05) is 51.0 Å². The van der Waals surface area contributed by atoms with E-state index in [-0.39, 0.29) is 36.9 Å². The van der Waals surface area contributed by atoms with Gasteiger partial charge in [0.05, 0.1) is 36.4 Å². The summed E-state index contributed by atoms with van der Waals surface area (Å²) < 4.78 is 24.0. The summed E-state index contributed by atoms with van der Waals surface area (Å²) in [6.07, 6.45) is 7.06. The van der Waals surface area contributed by atoms with Gasteiger partial charge in [0.15, 0.2) is 6.10 Å². The van der Waals surface area contributed by atoms with Gasteiger partial charge in [0.2, 0.25) is 0 Å². The fourth-order valence-electron chi connectivity index (χ4n) is 6.45. The van der Waals surface area contributed by atoms with E-state index in [4.69, 9.17) is 18.9 Å². The SMILES string of the molecule is CCOC1(C)CCC(O)CC(=O)OC(/C(C)=C/C=C/C(C)(O)CC2OC2C(C)C(O)CC)C(C)/C=C/C1OC(=O)N1CCN(C)CC1. The van der Waals surface area contributed by atoms with Crippen LogP contribution in [0.1, 0.15) is 80.6 Å². The second kappa shape index (κ2) is 17.4. The highest BCUT2D eigenvalue weighted by Gasteiger charge is 2.47. The van der Waals surface area contributed by atoms with E-state index in [0.29, 0.717) is 39.0 Å². The van der Waals surface area contributed by atoms with Crippen LogP contribution in [0.25, 0.3) is 0 Å². The number of aliphatic hydroxyl groups excluding tert-OH is 2. The molecule has 3 N–H and O–H groups in total. The summed E-state index contributed by atoms with van der Waals surface area (Å²) in [4.78, 5) is 30.1. The van der Waals surface area contributed by atoms with Gasteiger partial charge < -0.3 is 44.1 Å². The Hall–Kier alpha value is -2.28. The molecule has 0 radical (unpaired) electrons. The minimum atomic E-state index is -1.14. The number of nitrogens with zero attached hydrogens (tertiary/aromatic N) is 2. The molecule has 11 heteroatoms. The summed E-state index contributed by atoms with van der Waals surface area (Å²) >= 11 is 0. The van der Waals surface area contributed by atoms with Gasteiger partial charge in [0.1, 0.15) is 11.7 Å². The van der Waals surface area contributed by atoms with Gasteiger partial charge in [-0.15, -0.1) is 0 Å². The van der Waals surface area contributed by atoms with Crippen LogP contribution in [0.3, 0.4) is 0 Å². The second-order valence-corrected chi connectivity index (χ2v) is 14.2. The van der Waals surface area contributed by atoms with Gasteiger partial charge in [0.25, 0.3) is 0 Å². The minimum Gasteiger partial charge on any atom is -0.457 e. The Morgan fingerprint density at radius 2 is 1.91 bits per heavy atom. The number of epoxide rings is 1. The first kappa shape index (κ1) is 39.2. The molecule has 10 atom stereocenters. The van der Waals surface area contributed by atoms with Crippen LogP contribution in [-0.4, -0.2) is 125 Å². The Morgan fingerprint density at radius 3 is 2.55 bits per heavy atom. The van der Waals surface area contributed by atoms with E-state index in [1.54, 1.807) is 24.0 Å². The molecule has 0 aliphatic carbocycles. The van der Waals surface area contributed by atoms with Crippen molar-refractivity contribution in [2.24, 2.45) is 11.8 Å². The minimum absolute atomic E-state index is 0.00271. The number of likely N-dealkylation sites (N-methyl/N-ethyl adjacent to an activating group) is 1. The molecule has 1 amide bonds. The van der Waals surface area contributed by atoms with Gasteiger partial charge in [-0.3, -0.25) is 4.79 Å². The Kier molecular flexibility index (Phi) is 14.5. The van der Waals surface area contributed by atoms with Gasteiger partial charge in [-0.05, 0) is 65.7 Å². The number of carbonyl (C=O) groups excluding carboxylic acids is 2. The second-order valence-electron chi connectivity index (χ2n) is 14.2. The third-order valence-corrected chi connectivity index (χ3v) is 9.81. The number of amides is 1. The van der Waals surface area contributed by atoms with Gasteiger partial charge in [-0.25, -0.2) is 4.79 Å². The number of aliphatic hydroxyl groups is 3. The number of hydrogen-bond donors (Lipinski definition) is 3. The first-order valence-corrected chi connectivity index (χ1v) is 17.3. The maximum atomic E-state index is 13.3. The van der Waals surface area contributed by atoms with Crippen molar-refractivity contribution in [1.82, 2.24) is 9.80 Å². The normalized spacial score (nSPS) is 34.8. The largest absolute Gasteiger partial charge is 0.457 e. The van der Waals surface area contributed by atoms with Crippen LogP contribution >= 0.6 is 0 Å². The Labute approximate surface area is 281 Å². The van der Waals surface area contributed by atoms with Crippen molar-refractivity contribution >= 4 is 12.1 Å². The van der Waals surface area contributed by atoms with E-state index in [9.17, 15) is 24.9 Å². The predicted molar refractivity (Wildman–Crippen MR) is 180 cm³/mol. The van der Waals surface area contributed by atoms with E-state index in [2.05, 4.69) is 4.90 Å². The Morgan fingerprint density at radius 1 is 1.23 bits per heavy atom. The zero-order chi connectivity index (χ0) is 34.9. The molecule has 47 heavy (non-hydrogen) atoms. The molecule has 0 aromatic heterocycles. The van der Waals surface area contributed by atoms with Crippen molar-refractivity contribution < 1.29 is 43.9 Å². The van der Waals surface area contributed by atoms with Crippen LogP contribution in [0.4, 0.5) is 4.79 Å². The fourth-order valence-corrected chi connectivity index (χ4v) is 6.45. The lowest BCUT2D eigenvalue weighted by atomic mass is 9.88. The van der Waals surface area contributed by atoms with Crippen molar-refractivity contribution in [2.45, 2.75) is 128 Å². The summed E-state index contributed by atoms with van der Waals surface area (Å²) in [6.45, 7) is 16.2. The van der Waals surface area contributed by atoms with Crippen LogP contribution < -0.4 is 0 Å². The molecule has 3 rings (SSSR count). The van der Waals surface area contributed by atoms with E-state index in [0.717, 1.165) is 18.7 Å². The van der Waals surface area contributed by atoms with Crippen molar-refractivity contribution in [3.63, 3.8) is 0 Å². The van der Waals surface area contributed by atoms with E-state index in [1.807, 2.05) is 66.8 Å². The van der Waals surface area contributed by atoms with Crippen LogP contribution in [0.2, 0.25) is 0 Å². The monoisotopic (exact) mass is 664 g/mol. The van der Waals surface area contributed by atoms with Crippen molar-refractivity contribution in [3.05, 3.63) is 36.0 Å². The predicted octanol–water partition coefficient (Wildman–Crippen LogP) is 4.00. The van der Waals surface area contributed by atoms with Gasteiger partial charge >= 0.3 is 12.1 Å². The van der Waals surface area contributed by atoms with E-state index in [1.165, 1.54) is 0 Å². The van der Waals surface area contributed by atoms with Crippen LogP contribution in [0.5, 0.6) is 0 Å². The summed E-state index contributed by atoms with van der Waals surface area (Å²) in [5.41, 5.74) is -1.33. The number of piperazine rings is 1. The topological polar surface area (TPSA) is 142 Å². The fraction of sp³-hybridized carbons (Fsp3) is 0.778. The molecule has 0 spiro atoms. The van der Waals surface area contributed by atoms with Gasteiger partial charge in [-0.1, -0.05) is 45.1 Å². The Bertz CT molecular complexity index is 1120. The molecule has 268 valence electrons. The zero-order valence-corrected chi connectivity index (χ0v) is 29.8. The summed E-state index contributed by atoms with van der Waals surface area (Å²) in [6, 6.07) is 0. The smallest absolute Gasteiger partial charge is 0.410 e. The average Bonchev–Trinajstić information content (AvgIpc) is 3.77. The number of hydrogen-bond acceptors (Lipinski definition) is 10.